The first kappa shape index (κ1) is 13.2. The number of unbranched alkanes of at least 4 members (excludes halogenated alkanes) is 1. The Morgan fingerprint density at radius 3 is 2.89 bits per heavy atom. The summed E-state index contributed by atoms with van der Waals surface area (Å²) < 4.78 is 5.16. The van der Waals surface area contributed by atoms with E-state index in [0.29, 0.717) is 5.88 Å². The van der Waals surface area contributed by atoms with E-state index >= 15 is 0 Å². The molecule has 18 heavy (non-hydrogen) atoms. The maximum absolute atomic E-state index is 5.16. The van der Waals surface area contributed by atoms with Gasteiger partial charge in [0.05, 0.1) is 5.52 Å². The lowest BCUT2D eigenvalue weighted by molar-refractivity contribution is 0.448. The van der Waals surface area contributed by atoms with Crippen molar-refractivity contribution in [3.8, 4) is 5.88 Å². The Kier molecular flexibility index (Phi) is 4.48. The molecule has 1 heterocycles. The summed E-state index contributed by atoms with van der Waals surface area (Å²) >= 11 is 1.75. The van der Waals surface area contributed by atoms with Gasteiger partial charge in [-0.05, 0) is 37.3 Å². The quantitative estimate of drug-likeness (QED) is 0.740. The fraction of sp³-hybridized carbons (Fsp3) is 0.333. The van der Waals surface area contributed by atoms with Crippen LogP contribution in [0.25, 0.3) is 10.9 Å². The molecule has 2 rings (SSSR count). The Balaban J connectivity index is 2.54. The first-order chi connectivity index (χ1) is 8.80. The summed E-state index contributed by atoms with van der Waals surface area (Å²) in [5.41, 5.74) is 2.13. The molecule has 0 aliphatic carbocycles. The van der Waals surface area contributed by atoms with Gasteiger partial charge in [0, 0.05) is 15.8 Å². The number of thioether (sulfide) groups is 1. The van der Waals surface area contributed by atoms with Crippen LogP contribution in [0.15, 0.2) is 29.2 Å². The highest BCUT2D eigenvalue weighted by atomic mass is 32.2. The minimum Gasteiger partial charge on any atom is -0.474 e. The minimum absolute atomic E-state index is 0.661. The molecule has 0 N–H and O–H groups in total. The number of pyridine rings is 1. The van der Waals surface area contributed by atoms with E-state index < -0.39 is 0 Å². The van der Waals surface area contributed by atoms with Crippen LogP contribution in [0.2, 0.25) is 0 Å². The molecule has 0 atom stereocenters. The molecule has 0 spiro atoms. The Bertz CT molecular complexity index is 539. The van der Waals surface area contributed by atoms with Crippen LogP contribution >= 0.6 is 11.8 Å². The van der Waals surface area contributed by atoms with E-state index in [0.717, 1.165) is 23.9 Å². The van der Waals surface area contributed by atoms with Crippen molar-refractivity contribution in [1.29, 1.82) is 0 Å². The molecule has 0 unspecified atom stereocenters. The smallest absolute Gasteiger partial charge is 0.217 e. The fourth-order valence-corrected chi connectivity index (χ4v) is 2.64. The molecule has 0 bridgehead atoms. The lowest BCUT2D eigenvalue weighted by Crippen LogP contribution is -1.95. The van der Waals surface area contributed by atoms with Gasteiger partial charge < -0.3 is 4.74 Å². The zero-order valence-corrected chi connectivity index (χ0v) is 11.7. The van der Waals surface area contributed by atoms with Crippen molar-refractivity contribution < 1.29 is 4.74 Å². The summed E-state index contributed by atoms with van der Waals surface area (Å²) in [4.78, 5) is 5.81. The van der Waals surface area contributed by atoms with E-state index in [1.807, 2.05) is 12.1 Å². The molecule has 0 amide bonds. The van der Waals surface area contributed by atoms with Gasteiger partial charge >= 0.3 is 0 Å². The van der Waals surface area contributed by atoms with Gasteiger partial charge in [-0.25, -0.2) is 4.98 Å². The lowest BCUT2D eigenvalue weighted by Gasteiger charge is -2.10. The Morgan fingerprint density at radius 1 is 1.39 bits per heavy atom. The maximum Gasteiger partial charge on any atom is 0.217 e. The number of hydrogen-bond acceptors (Lipinski definition) is 3. The van der Waals surface area contributed by atoms with Gasteiger partial charge in [0.2, 0.25) is 5.88 Å². The van der Waals surface area contributed by atoms with E-state index in [1.165, 1.54) is 16.7 Å². The molecular weight excluding hydrogens is 242 g/mol. The third kappa shape index (κ3) is 2.61. The van der Waals surface area contributed by atoms with E-state index in [-0.39, 0.29) is 0 Å². The monoisotopic (exact) mass is 260 g/mol. The van der Waals surface area contributed by atoms with E-state index in [2.05, 4.69) is 37.4 Å². The van der Waals surface area contributed by atoms with E-state index in [9.17, 15) is 0 Å². The maximum atomic E-state index is 5.16. The molecule has 1 aromatic heterocycles. The van der Waals surface area contributed by atoms with Gasteiger partial charge in [-0.2, -0.15) is 0 Å². The van der Waals surface area contributed by atoms with Gasteiger partial charge in [-0.1, -0.05) is 19.4 Å². The third-order valence-electron chi connectivity index (χ3n) is 3.01. The minimum atomic E-state index is 0.661. The average molecular weight is 260 g/mol. The molecule has 0 aliphatic heterocycles. The Morgan fingerprint density at radius 2 is 2.22 bits per heavy atom. The standard InChI is InChI=1S/C15H18NOS/c1-4-5-7-11-10-12-13(16-15(11)17-2)8-6-9-14(12)18-3/h6,8-10H,2,4-5,7H2,1,3H3. The molecule has 2 aromatic rings. The third-order valence-corrected chi connectivity index (χ3v) is 3.81. The second-order valence-electron chi connectivity index (χ2n) is 4.23. The number of benzene rings is 1. The first-order valence-corrected chi connectivity index (χ1v) is 7.41. The van der Waals surface area contributed by atoms with Crippen molar-refractivity contribution in [2.45, 2.75) is 31.1 Å². The Labute approximate surface area is 113 Å². The highest BCUT2D eigenvalue weighted by molar-refractivity contribution is 7.98. The predicted molar refractivity (Wildman–Crippen MR) is 78.1 cm³/mol. The number of hydrogen-bond donors (Lipinski definition) is 0. The van der Waals surface area contributed by atoms with Crippen molar-refractivity contribution in [3.05, 3.63) is 36.9 Å². The molecular formula is C15H18NOS. The molecule has 95 valence electrons. The van der Waals surface area contributed by atoms with Gasteiger partial charge in [0.15, 0.2) is 0 Å². The molecule has 3 heteroatoms. The van der Waals surface area contributed by atoms with Crippen LogP contribution < -0.4 is 4.74 Å². The van der Waals surface area contributed by atoms with E-state index in [1.54, 1.807) is 11.8 Å². The summed E-state index contributed by atoms with van der Waals surface area (Å²) in [6, 6.07) is 8.37. The molecule has 0 fully saturated rings. The second-order valence-corrected chi connectivity index (χ2v) is 5.08. The van der Waals surface area contributed by atoms with Crippen LogP contribution in [-0.4, -0.2) is 11.2 Å². The number of aryl methyl sites for hydroxylation is 1. The van der Waals surface area contributed by atoms with Gasteiger partial charge in [0.1, 0.15) is 7.11 Å². The number of fused-ring (bicyclic) bond motifs is 1. The van der Waals surface area contributed by atoms with Crippen LogP contribution in [0.3, 0.4) is 0 Å². The normalized spacial score (nSPS) is 10.8. The molecule has 0 aliphatic rings. The van der Waals surface area contributed by atoms with Crippen molar-refractivity contribution in [1.82, 2.24) is 4.98 Å². The molecule has 1 aromatic carbocycles. The summed E-state index contributed by atoms with van der Waals surface area (Å²) in [7, 11) is 3.51. The van der Waals surface area contributed by atoms with Crippen LogP contribution in [0.5, 0.6) is 5.88 Å². The summed E-state index contributed by atoms with van der Waals surface area (Å²) in [5.74, 6) is 0.661. The van der Waals surface area contributed by atoms with E-state index in [4.69, 9.17) is 4.74 Å². The molecule has 0 saturated carbocycles. The lowest BCUT2D eigenvalue weighted by atomic mass is 10.1. The largest absolute Gasteiger partial charge is 0.474 e. The van der Waals surface area contributed by atoms with Crippen LogP contribution in [0.4, 0.5) is 0 Å². The van der Waals surface area contributed by atoms with Crippen molar-refractivity contribution in [3.63, 3.8) is 0 Å². The van der Waals surface area contributed by atoms with Crippen molar-refractivity contribution >= 4 is 22.7 Å². The predicted octanol–water partition coefficient (Wildman–Crippen LogP) is 4.47. The Hall–Kier alpha value is -1.22. The zero-order valence-electron chi connectivity index (χ0n) is 10.9. The average Bonchev–Trinajstić information content (AvgIpc) is 2.43. The van der Waals surface area contributed by atoms with Gasteiger partial charge in [-0.3, -0.25) is 0 Å². The zero-order chi connectivity index (χ0) is 13.0. The number of aromatic nitrogens is 1. The molecule has 1 radical (unpaired) electrons. The van der Waals surface area contributed by atoms with Crippen LogP contribution in [0, 0.1) is 7.11 Å². The fourth-order valence-electron chi connectivity index (χ4n) is 2.04. The second kappa shape index (κ2) is 6.10. The van der Waals surface area contributed by atoms with Gasteiger partial charge in [-0.15, -0.1) is 11.8 Å². The number of nitrogens with zero attached hydrogens (tertiary/aromatic N) is 1. The molecule has 0 saturated heterocycles. The highest BCUT2D eigenvalue weighted by Gasteiger charge is 2.09. The SMILES string of the molecule is [CH2]Oc1nc2cccc(SC)c2cc1CCCC. The summed E-state index contributed by atoms with van der Waals surface area (Å²) in [5, 5.41) is 1.21. The number of rotatable bonds is 5. The topological polar surface area (TPSA) is 22.1 Å². The van der Waals surface area contributed by atoms with Crippen molar-refractivity contribution in [2.75, 3.05) is 6.26 Å². The van der Waals surface area contributed by atoms with Crippen LogP contribution in [-0.2, 0) is 6.42 Å². The summed E-state index contributed by atoms with van der Waals surface area (Å²) in [6.45, 7) is 2.19. The van der Waals surface area contributed by atoms with Crippen molar-refractivity contribution in [2.24, 2.45) is 0 Å². The van der Waals surface area contributed by atoms with Gasteiger partial charge in [0.25, 0.3) is 0 Å². The summed E-state index contributed by atoms with van der Waals surface area (Å²) in [6.07, 6.45) is 5.39. The van der Waals surface area contributed by atoms with Crippen LogP contribution in [0.1, 0.15) is 25.3 Å². The molecule has 2 nitrogen and oxygen atoms in total. The highest BCUT2D eigenvalue weighted by Crippen LogP contribution is 2.30. The first-order valence-electron chi connectivity index (χ1n) is 6.18. The number of ether oxygens (including phenoxy) is 1.